The third-order valence-corrected chi connectivity index (χ3v) is 3.61. The van der Waals surface area contributed by atoms with Crippen LogP contribution in [0.1, 0.15) is 46.0 Å². The van der Waals surface area contributed by atoms with Gasteiger partial charge >= 0.3 is 0 Å². The Labute approximate surface area is 127 Å². The molecule has 0 radical (unpaired) electrons. The van der Waals surface area contributed by atoms with Crippen molar-refractivity contribution >= 4 is 11.6 Å². The average molecular weight is 294 g/mol. The lowest BCUT2D eigenvalue weighted by Crippen LogP contribution is -2.37. The maximum atomic E-state index is 13.1. The number of rotatable bonds is 9. The first-order valence-corrected chi connectivity index (χ1v) is 7.91. The summed E-state index contributed by atoms with van der Waals surface area (Å²) in [6, 6.07) is 6.12. The maximum absolute atomic E-state index is 13.1. The van der Waals surface area contributed by atoms with E-state index in [1.54, 1.807) is 17.0 Å². The van der Waals surface area contributed by atoms with Gasteiger partial charge in [0.1, 0.15) is 5.82 Å². The van der Waals surface area contributed by atoms with E-state index >= 15 is 0 Å². The molecule has 0 saturated heterocycles. The summed E-state index contributed by atoms with van der Waals surface area (Å²) in [5.41, 5.74) is 6.33. The summed E-state index contributed by atoms with van der Waals surface area (Å²) in [5, 5.41) is 0. The Balaban J connectivity index is 2.93. The Morgan fingerprint density at radius 1 is 1.19 bits per heavy atom. The zero-order chi connectivity index (χ0) is 15.7. The Hall–Kier alpha value is -1.42. The van der Waals surface area contributed by atoms with Gasteiger partial charge in [-0.05, 0) is 50.1 Å². The van der Waals surface area contributed by atoms with Crippen LogP contribution in [-0.2, 0) is 4.79 Å². The van der Waals surface area contributed by atoms with Crippen LogP contribution in [-0.4, -0.2) is 19.0 Å². The van der Waals surface area contributed by atoms with E-state index in [4.69, 9.17) is 5.73 Å². The standard InChI is InChI=1S/C17H27FN2O/c1-3-6-14(7-4-2)17(21)20(13-5-12-19)16-10-8-15(18)9-11-16/h8-11,14H,3-7,12-13,19H2,1-2H3. The summed E-state index contributed by atoms with van der Waals surface area (Å²) in [7, 11) is 0. The summed E-state index contributed by atoms with van der Waals surface area (Å²) < 4.78 is 13.1. The molecule has 4 heteroatoms. The molecule has 0 heterocycles. The van der Waals surface area contributed by atoms with Gasteiger partial charge in [-0.15, -0.1) is 0 Å². The van der Waals surface area contributed by atoms with Crippen LogP contribution in [0.5, 0.6) is 0 Å². The van der Waals surface area contributed by atoms with Crippen molar-refractivity contribution in [3.63, 3.8) is 0 Å². The molecule has 1 aromatic carbocycles. The van der Waals surface area contributed by atoms with Crippen molar-refractivity contribution in [2.24, 2.45) is 11.7 Å². The second-order valence-corrected chi connectivity index (χ2v) is 5.38. The van der Waals surface area contributed by atoms with Gasteiger partial charge in [0.15, 0.2) is 0 Å². The number of halogens is 1. The number of hydrogen-bond acceptors (Lipinski definition) is 2. The molecule has 0 bridgehead atoms. The van der Waals surface area contributed by atoms with Gasteiger partial charge in [-0.1, -0.05) is 26.7 Å². The monoisotopic (exact) mass is 294 g/mol. The van der Waals surface area contributed by atoms with Gasteiger partial charge in [-0.25, -0.2) is 4.39 Å². The van der Waals surface area contributed by atoms with Crippen LogP contribution in [0.4, 0.5) is 10.1 Å². The number of nitrogens with zero attached hydrogens (tertiary/aromatic N) is 1. The van der Waals surface area contributed by atoms with E-state index in [1.165, 1.54) is 12.1 Å². The molecule has 0 aromatic heterocycles. The maximum Gasteiger partial charge on any atom is 0.230 e. The Bertz CT molecular complexity index is 413. The van der Waals surface area contributed by atoms with Gasteiger partial charge in [0.05, 0.1) is 0 Å². The fourth-order valence-electron chi connectivity index (χ4n) is 2.55. The zero-order valence-corrected chi connectivity index (χ0v) is 13.1. The van der Waals surface area contributed by atoms with Crippen LogP contribution in [0.2, 0.25) is 0 Å². The Kier molecular flexibility index (Phi) is 7.98. The van der Waals surface area contributed by atoms with Crippen LogP contribution in [0, 0.1) is 11.7 Å². The minimum absolute atomic E-state index is 0.0443. The third kappa shape index (κ3) is 5.46. The van der Waals surface area contributed by atoms with E-state index in [2.05, 4.69) is 13.8 Å². The quantitative estimate of drug-likeness (QED) is 0.754. The minimum Gasteiger partial charge on any atom is -0.330 e. The number of benzene rings is 1. The molecule has 0 aliphatic carbocycles. The first-order chi connectivity index (χ1) is 10.1. The summed E-state index contributed by atoms with van der Waals surface area (Å²) in [6.45, 7) is 5.32. The number of nitrogens with two attached hydrogens (primary N) is 1. The number of carbonyl (C=O) groups is 1. The largest absolute Gasteiger partial charge is 0.330 e. The van der Waals surface area contributed by atoms with Crippen molar-refractivity contribution in [3.8, 4) is 0 Å². The zero-order valence-electron chi connectivity index (χ0n) is 13.1. The smallest absolute Gasteiger partial charge is 0.230 e. The van der Waals surface area contributed by atoms with Gasteiger partial charge < -0.3 is 10.6 Å². The van der Waals surface area contributed by atoms with Crippen molar-refractivity contribution in [2.75, 3.05) is 18.0 Å². The molecule has 2 N–H and O–H groups in total. The lowest BCUT2D eigenvalue weighted by Gasteiger charge is -2.27. The van der Waals surface area contributed by atoms with Crippen LogP contribution in [0.15, 0.2) is 24.3 Å². The van der Waals surface area contributed by atoms with E-state index in [0.29, 0.717) is 13.1 Å². The molecule has 1 amide bonds. The van der Waals surface area contributed by atoms with Crippen molar-refractivity contribution in [1.82, 2.24) is 0 Å². The normalized spacial score (nSPS) is 10.9. The summed E-state index contributed by atoms with van der Waals surface area (Å²) >= 11 is 0. The van der Waals surface area contributed by atoms with Crippen LogP contribution >= 0.6 is 0 Å². The average Bonchev–Trinajstić information content (AvgIpc) is 2.49. The van der Waals surface area contributed by atoms with E-state index in [0.717, 1.165) is 37.8 Å². The Morgan fingerprint density at radius 3 is 2.24 bits per heavy atom. The number of amides is 1. The number of hydrogen-bond donors (Lipinski definition) is 1. The van der Waals surface area contributed by atoms with Crippen LogP contribution in [0.3, 0.4) is 0 Å². The molecule has 0 aliphatic heterocycles. The van der Waals surface area contributed by atoms with Crippen molar-refractivity contribution < 1.29 is 9.18 Å². The van der Waals surface area contributed by atoms with Crippen LogP contribution in [0.25, 0.3) is 0 Å². The third-order valence-electron chi connectivity index (χ3n) is 3.61. The first-order valence-electron chi connectivity index (χ1n) is 7.91. The van der Waals surface area contributed by atoms with Gasteiger partial charge in [-0.2, -0.15) is 0 Å². The molecule has 3 nitrogen and oxygen atoms in total. The highest BCUT2D eigenvalue weighted by Gasteiger charge is 2.23. The summed E-state index contributed by atoms with van der Waals surface area (Å²) in [6.07, 6.45) is 4.52. The molecule has 1 aromatic rings. The highest BCUT2D eigenvalue weighted by atomic mass is 19.1. The fraction of sp³-hybridized carbons (Fsp3) is 0.588. The molecular formula is C17H27FN2O. The molecule has 21 heavy (non-hydrogen) atoms. The molecule has 0 aliphatic rings. The Morgan fingerprint density at radius 2 is 1.76 bits per heavy atom. The molecule has 1 rings (SSSR count). The summed E-state index contributed by atoms with van der Waals surface area (Å²) in [5.74, 6) is -0.106. The van der Waals surface area contributed by atoms with Gasteiger partial charge in [0, 0.05) is 18.2 Å². The van der Waals surface area contributed by atoms with E-state index in [9.17, 15) is 9.18 Å². The van der Waals surface area contributed by atoms with Crippen LogP contribution < -0.4 is 10.6 Å². The van der Waals surface area contributed by atoms with Gasteiger partial charge in [0.25, 0.3) is 0 Å². The fourth-order valence-corrected chi connectivity index (χ4v) is 2.55. The molecule has 118 valence electrons. The molecule has 0 spiro atoms. The van der Waals surface area contributed by atoms with Gasteiger partial charge in [0.2, 0.25) is 5.91 Å². The summed E-state index contributed by atoms with van der Waals surface area (Å²) in [4.78, 5) is 14.6. The van der Waals surface area contributed by atoms with Crippen molar-refractivity contribution in [1.29, 1.82) is 0 Å². The predicted octanol–water partition coefficient (Wildman–Crippen LogP) is 3.72. The molecule has 0 atom stereocenters. The minimum atomic E-state index is -0.288. The van der Waals surface area contributed by atoms with Gasteiger partial charge in [-0.3, -0.25) is 4.79 Å². The predicted molar refractivity (Wildman–Crippen MR) is 85.7 cm³/mol. The molecular weight excluding hydrogens is 267 g/mol. The van der Waals surface area contributed by atoms with Crippen molar-refractivity contribution in [2.45, 2.75) is 46.0 Å². The number of anilines is 1. The topological polar surface area (TPSA) is 46.3 Å². The molecule has 0 unspecified atom stereocenters. The van der Waals surface area contributed by atoms with E-state index in [-0.39, 0.29) is 17.6 Å². The highest BCUT2D eigenvalue weighted by molar-refractivity contribution is 5.95. The van der Waals surface area contributed by atoms with Crippen molar-refractivity contribution in [3.05, 3.63) is 30.1 Å². The molecule has 0 fully saturated rings. The number of carbonyl (C=O) groups excluding carboxylic acids is 1. The SMILES string of the molecule is CCCC(CCC)C(=O)N(CCCN)c1ccc(F)cc1. The molecule has 0 saturated carbocycles. The van der Waals surface area contributed by atoms with E-state index in [1.807, 2.05) is 0 Å². The first kappa shape index (κ1) is 17.6. The second kappa shape index (κ2) is 9.50. The lowest BCUT2D eigenvalue weighted by molar-refractivity contribution is -0.122. The lowest BCUT2D eigenvalue weighted by atomic mass is 9.96. The second-order valence-electron chi connectivity index (χ2n) is 5.38. The highest BCUT2D eigenvalue weighted by Crippen LogP contribution is 2.22. The van der Waals surface area contributed by atoms with E-state index < -0.39 is 0 Å².